The molecule has 2 amide bonds. The van der Waals surface area contributed by atoms with Gasteiger partial charge in [-0.3, -0.25) is 20.3 Å². The van der Waals surface area contributed by atoms with Crippen LogP contribution < -0.4 is 27.4 Å². The first-order chi connectivity index (χ1) is 16.4. The fourth-order valence-corrected chi connectivity index (χ4v) is 3.88. The molecule has 0 spiro atoms. The van der Waals surface area contributed by atoms with Crippen LogP contribution in [0.5, 0.6) is 0 Å². The van der Waals surface area contributed by atoms with Crippen molar-refractivity contribution in [1.29, 1.82) is 5.41 Å². The highest BCUT2D eigenvalue weighted by Gasteiger charge is 2.17. The summed E-state index contributed by atoms with van der Waals surface area (Å²) in [6, 6.07) is 0. The fourth-order valence-electron chi connectivity index (χ4n) is 3.75. The number of nitrogen functional groups attached to an aromatic ring is 2. The molecule has 2 heterocycles. The van der Waals surface area contributed by atoms with Crippen molar-refractivity contribution in [3.63, 3.8) is 0 Å². The number of unbranched alkanes of at least 4 members (excludes halogenated alkanes) is 8. The Morgan fingerprint density at radius 1 is 0.941 bits per heavy atom. The van der Waals surface area contributed by atoms with E-state index in [0.717, 1.165) is 58.3 Å². The van der Waals surface area contributed by atoms with Crippen LogP contribution in [-0.4, -0.2) is 65.4 Å². The normalized spacial score (nSPS) is 13.5. The zero-order valence-corrected chi connectivity index (χ0v) is 20.6. The Morgan fingerprint density at radius 3 is 2.18 bits per heavy atom. The molecule has 34 heavy (non-hydrogen) atoms. The first-order valence-electron chi connectivity index (χ1n) is 12.1. The van der Waals surface area contributed by atoms with Crippen molar-refractivity contribution in [2.24, 2.45) is 0 Å². The number of nitrogens with zero attached hydrogens (tertiary/aromatic N) is 3. The maximum Gasteiger partial charge on any atom is 0.280 e. The van der Waals surface area contributed by atoms with Crippen LogP contribution in [0, 0.1) is 5.41 Å². The lowest BCUT2D eigenvalue weighted by molar-refractivity contribution is -0.131. The monoisotopic (exact) mass is 495 g/mol. The van der Waals surface area contributed by atoms with Gasteiger partial charge in [-0.25, -0.2) is 9.97 Å². The van der Waals surface area contributed by atoms with E-state index in [1.165, 1.54) is 25.7 Å². The zero-order chi connectivity index (χ0) is 24.8. The molecular weight excluding hydrogens is 458 g/mol. The van der Waals surface area contributed by atoms with Crippen LogP contribution in [-0.2, 0) is 4.79 Å². The summed E-state index contributed by atoms with van der Waals surface area (Å²) in [5, 5.41) is 16.2. The van der Waals surface area contributed by atoms with Crippen molar-refractivity contribution >= 4 is 41.0 Å². The van der Waals surface area contributed by atoms with Crippen molar-refractivity contribution in [2.45, 2.75) is 64.2 Å². The Balaban J connectivity index is 1.41. The first-order valence-corrected chi connectivity index (χ1v) is 12.5. The van der Waals surface area contributed by atoms with E-state index in [1.807, 2.05) is 4.90 Å². The molecule has 8 N–H and O–H groups in total. The van der Waals surface area contributed by atoms with Crippen LogP contribution in [0.3, 0.4) is 0 Å². The molecular formula is C22H38ClN9O2. The lowest BCUT2D eigenvalue weighted by Crippen LogP contribution is -2.46. The Labute approximate surface area is 206 Å². The average Bonchev–Trinajstić information content (AvgIpc) is 2.82. The molecule has 0 radical (unpaired) electrons. The van der Waals surface area contributed by atoms with Gasteiger partial charge in [0, 0.05) is 39.1 Å². The van der Waals surface area contributed by atoms with Crippen LogP contribution in [0.2, 0.25) is 5.15 Å². The average molecular weight is 496 g/mol. The van der Waals surface area contributed by atoms with Crippen LogP contribution in [0.4, 0.5) is 11.6 Å². The molecule has 1 aliphatic rings. The van der Waals surface area contributed by atoms with E-state index in [1.54, 1.807) is 0 Å². The molecule has 0 atom stereocenters. The number of nitrogens with one attached hydrogen (secondary N) is 4. The van der Waals surface area contributed by atoms with E-state index >= 15 is 0 Å². The van der Waals surface area contributed by atoms with Gasteiger partial charge in [0.05, 0.1) is 0 Å². The molecule has 190 valence electrons. The van der Waals surface area contributed by atoms with E-state index in [2.05, 4.69) is 25.9 Å². The lowest BCUT2D eigenvalue weighted by Gasteiger charge is -2.27. The van der Waals surface area contributed by atoms with Gasteiger partial charge >= 0.3 is 0 Å². The fraction of sp³-hybridized carbons (Fsp3) is 0.682. The summed E-state index contributed by atoms with van der Waals surface area (Å²) in [5.41, 5.74) is 11.0. The number of amides is 2. The van der Waals surface area contributed by atoms with Gasteiger partial charge in [0.1, 0.15) is 0 Å². The second-order valence-electron chi connectivity index (χ2n) is 8.45. The van der Waals surface area contributed by atoms with Gasteiger partial charge in [-0.1, -0.05) is 56.5 Å². The predicted octanol–water partition coefficient (Wildman–Crippen LogP) is 1.88. The molecule has 11 nitrogen and oxygen atoms in total. The minimum absolute atomic E-state index is 0.0539. The maximum absolute atomic E-state index is 12.2. The third kappa shape index (κ3) is 10.1. The first kappa shape index (κ1) is 27.6. The topological polar surface area (TPSA) is 175 Å². The molecule has 1 aliphatic heterocycles. The van der Waals surface area contributed by atoms with E-state index in [4.69, 9.17) is 28.5 Å². The molecule has 12 heteroatoms. The van der Waals surface area contributed by atoms with Gasteiger partial charge in [0.25, 0.3) is 5.91 Å². The Bertz CT molecular complexity index is 816. The number of carbonyl (C=O) groups is 2. The summed E-state index contributed by atoms with van der Waals surface area (Å²) in [6.07, 6.45) is 10.7. The van der Waals surface area contributed by atoms with E-state index in [9.17, 15) is 9.59 Å². The summed E-state index contributed by atoms with van der Waals surface area (Å²) >= 11 is 5.77. The van der Waals surface area contributed by atoms with Gasteiger partial charge in [-0.05, 0) is 12.8 Å². The number of piperazine rings is 1. The number of hydrogen-bond donors (Lipinski definition) is 6. The third-order valence-electron chi connectivity index (χ3n) is 5.70. The number of halogens is 1. The number of nitrogens with two attached hydrogens (primary N) is 2. The number of rotatable bonds is 13. The summed E-state index contributed by atoms with van der Waals surface area (Å²) in [6.45, 7) is 4.09. The summed E-state index contributed by atoms with van der Waals surface area (Å²) in [5.74, 6) is -0.694. The standard InChI is InChI=1S/C22H38ClN9O2/c23-18-20(25)30-19(24)17(29-18)21(34)31-22(26)28-11-9-7-5-3-1-2-4-6-8-10-16(33)32-14-12-27-13-15-32/h27H,1-15H2,(H4,24,25,30)(H3,26,28,31,34). The number of guanidine groups is 1. The van der Waals surface area contributed by atoms with E-state index in [0.29, 0.717) is 18.9 Å². The second kappa shape index (κ2) is 15.3. The number of anilines is 2. The largest absolute Gasteiger partial charge is 0.382 e. The second-order valence-corrected chi connectivity index (χ2v) is 8.81. The van der Waals surface area contributed by atoms with Crippen LogP contribution >= 0.6 is 11.6 Å². The Morgan fingerprint density at radius 2 is 1.53 bits per heavy atom. The van der Waals surface area contributed by atoms with Gasteiger partial charge in [-0.2, -0.15) is 0 Å². The molecule has 1 aromatic rings. The van der Waals surface area contributed by atoms with E-state index < -0.39 is 5.91 Å². The van der Waals surface area contributed by atoms with Crippen molar-refractivity contribution in [3.05, 3.63) is 10.8 Å². The molecule has 2 rings (SSSR count). The number of carbonyl (C=O) groups excluding carboxylic acids is 2. The molecule has 0 unspecified atom stereocenters. The van der Waals surface area contributed by atoms with Crippen molar-refractivity contribution in [2.75, 3.05) is 44.2 Å². The van der Waals surface area contributed by atoms with Gasteiger partial charge in [0.15, 0.2) is 28.4 Å². The highest BCUT2D eigenvalue weighted by atomic mass is 35.5. The van der Waals surface area contributed by atoms with Gasteiger partial charge in [0.2, 0.25) is 5.91 Å². The number of hydrogen-bond acceptors (Lipinski definition) is 8. The minimum atomic E-state index is -0.669. The van der Waals surface area contributed by atoms with Gasteiger partial charge in [-0.15, -0.1) is 0 Å². The summed E-state index contributed by atoms with van der Waals surface area (Å²) < 4.78 is 0. The molecule has 1 saturated heterocycles. The maximum atomic E-state index is 12.2. The predicted molar refractivity (Wildman–Crippen MR) is 135 cm³/mol. The Kier molecular flexibility index (Phi) is 12.4. The molecule has 1 fully saturated rings. The lowest BCUT2D eigenvalue weighted by atomic mass is 10.1. The van der Waals surface area contributed by atoms with Crippen molar-refractivity contribution in [1.82, 2.24) is 30.8 Å². The summed E-state index contributed by atoms with van der Waals surface area (Å²) in [4.78, 5) is 33.8. The quantitative estimate of drug-likeness (QED) is 0.136. The molecule has 0 saturated carbocycles. The Hall–Kier alpha value is -2.66. The van der Waals surface area contributed by atoms with Crippen LogP contribution in [0.15, 0.2) is 0 Å². The minimum Gasteiger partial charge on any atom is -0.382 e. The molecule has 0 bridgehead atoms. The SMILES string of the molecule is N=C(NCCCCCCCCCCCC(=O)N1CCNCC1)NC(=O)c1nc(Cl)c(N)nc1N. The van der Waals surface area contributed by atoms with Crippen LogP contribution in [0.1, 0.15) is 74.7 Å². The smallest absolute Gasteiger partial charge is 0.280 e. The van der Waals surface area contributed by atoms with Crippen LogP contribution in [0.25, 0.3) is 0 Å². The molecule has 0 aromatic carbocycles. The third-order valence-corrected chi connectivity index (χ3v) is 5.98. The van der Waals surface area contributed by atoms with Gasteiger partial charge < -0.3 is 27.0 Å². The van der Waals surface area contributed by atoms with Crippen molar-refractivity contribution in [3.8, 4) is 0 Å². The van der Waals surface area contributed by atoms with E-state index in [-0.39, 0.29) is 28.4 Å². The van der Waals surface area contributed by atoms with Crippen molar-refractivity contribution < 1.29 is 9.59 Å². The molecule has 1 aromatic heterocycles. The number of aromatic nitrogens is 2. The highest BCUT2D eigenvalue weighted by molar-refractivity contribution is 6.31. The zero-order valence-electron chi connectivity index (χ0n) is 19.8. The highest BCUT2D eigenvalue weighted by Crippen LogP contribution is 2.17. The molecule has 0 aliphatic carbocycles. The summed E-state index contributed by atoms with van der Waals surface area (Å²) in [7, 11) is 0.